The smallest absolute Gasteiger partial charge is 0.326 e. The molecule has 1 aromatic heterocycles. The summed E-state index contributed by atoms with van der Waals surface area (Å²) in [5.41, 5.74) is 2.71. The van der Waals surface area contributed by atoms with Gasteiger partial charge in [0.2, 0.25) is 0 Å². The number of rotatable bonds is 2. The Kier molecular flexibility index (Phi) is 4.13. The number of benzene rings is 1. The lowest BCUT2D eigenvalue weighted by atomic mass is 9.87. The summed E-state index contributed by atoms with van der Waals surface area (Å²) in [5, 5.41) is 0. The summed E-state index contributed by atoms with van der Waals surface area (Å²) in [5.74, 6) is -1.47. The Morgan fingerprint density at radius 2 is 1.96 bits per heavy atom. The first-order chi connectivity index (χ1) is 11.0. The second-order valence-corrected chi connectivity index (χ2v) is 6.29. The minimum absolute atomic E-state index is 0.246. The number of carbonyl (C=O) groups excluding carboxylic acids is 2. The molecular formula is C18H14BrNO3. The molecule has 0 saturated carbocycles. The number of aryl methyl sites for hydroxylation is 1. The maximum Gasteiger partial charge on any atom is 0.326 e. The molecule has 0 saturated heterocycles. The SMILES string of the molecule is CC1=C(c2cccnc2)OC(=O)C(c2ccc(C)cc2Br)C1=O. The average molecular weight is 372 g/mol. The van der Waals surface area contributed by atoms with Gasteiger partial charge in [0.25, 0.3) is 0 Å². The van der Waals surface area contributed by atoms with Crippen LogP contribution in [0.2, 0.25) is 0 Å². The summed E-state index contributed by atoms with van der Waals surface area (Å²) in [6.45, 7) is 3.62. The van der Waals surface area contributed by atoms with Crippen molar-refractivity contribution in [2.24, 2.45) is 0 Å². The first kappa shape index (κ1) is 15.6. The first-order valence-electron chi connectivity index (χ1n) is 7.12. The summed E-state index contributed by atoms with van der Waals surface area (Å²) in [6, 6.07) is 9.03. The summed E-state index contributed by atoms with van der Waals surface area (Å²) >= 11 is 3.43. The molecule has 0 radical (unpaired) electrons. The third-order valence-electron chi connectivity index (χ3n) is 3.80. The Labute approximate surface area is 142 Å². The summed E-state index contributed by atoms with van der Waals surface area (Å²) in [4.78, 5) is 29.2. The highest BCUT2D eigenvalue weighted by atomic mass is 79.9. The molecule has 0 aliphatic carbocycles. The van der Waals surface area contributed by atoms with Gasteiger partial charge in [-0.05, 0) is 43.2 Å². The van der Waals surface area contributed by atoms with Crippen LogP contribution in [0.3, 0.4) is 0 Å². The van der Waals surface area contributed by atoms with E-state index in [1.54, 1.807) is 37.5 Å². The van der Waals surface area contributed by atoms with E-state index in [-0.39, 0.29) is 11.5 Å². The third-order valence-corrected chi connectivity index (χ3v) is 4.49. The van der Waals surface area contributed by atoms with Crippen LogP contribution in [0.1, 0.15) is 29.5 Å². The van der Waals surface area contributed by atoms with Crippen LogP contribution >= 0.6 is 15.9 Å². The van der Waals surface area contributed by atoms with E-state index in [0.29, 0.717) is 16.7 Å². The predicted molar refractivity (Wildman–Crippen MR) is 89.6 cm³/mol. The lowest BCUT2D eigenvalue weighted by Crippen LogP contribution is -2.30. The van der Waals surface area contributed by atoms with Gasteiger partial charge in [0.1, 0.15) is 11.7 Å². The molecular weight excluding hydrogens is 358 g/mol. The van der Waals surface area contributed by atoms with Crippen molar-refractivity contribution in [2.75, 3.05) is 0 Å². The molecule has 0 amide bonds. The highest BCUT2D eigenvalue weighted by Crippen LogP contribution is 2.36. The number of allylic oxidation sites excluding steroid dienone is 1. The molecule has 1 unspecified atom stereocenters. The summed E-state index contributed by atoms with van der Waals surface area (Å²) in [7, 11) is 0. The molecule has 0 bridgehead atoms. The van der Waals surface area contributed by atoms with Crippen molar-refractivity contribution in [1.29, 1.82) is 0 Å². The number of hydrogen-bond acceptors (Lipinski definition) is 4. The van der Waals surface area contributed by atoms with Gasteiger partial charge in [-0.2, -0.15) is 0 Å². The van der Waals surface area contributed by atoms with Crippen molar-refractivity contribution < 1.29 is 14.3 Å². The molecule has 116 valence electrons. The van der Waals surface area contributed by atoms with Gasteiger partial charge in [-0.3, -0.25) is 14.6 Å². The zero-order chi connectivity index (χ0) is 16.6. The molecule has 0 spiro atoms. The molecule has 1 aromatic carbocycles. The Morgan fingerprint density at radius 3 is 2.61 bits per heavy atom. The Balaban J connectivity index is 2.06. The van der Waals surface area contributed by atoms with Crippen LogP contribution in [0.15, 0.2) is 52.8 Å². The van der Waals surface area contributed by atoms with Crippen molar-refractivity contribution in [3.05, 3.63) is 69.5 Å². The Morgan fingerprint density at radius 1 is 1.17 bits per heavy atom. The third kappa shape index (κ3) is 2.84. The number of ether oxygens (including phenoxy) is 1. The van der Waals surface area contributed by atoms with E-state index in [2.05, 4.69) is 20.9 Å². The number of nitrogens with zero attached hydrogens (tertiary/aromatic N) is 1. The molecule has 0 fully saturated rings. The van der Waals surface area contributed by atoms with Crippen LogP contribution < -0.4 is 0 Å². The second-order valence-electron chi connectivity index (χ2n) is 5.44. The predicted octanol–water partition coefficient (Wildman–Crippen LogP) is 3.79. The normalized spacial score (nSPS) is 18.1. The van der Waals surface area contributed by atoms with Gasteiger partial charge < -0.3 is 4.74 Å². The monoisotopic (exact) mass is 371 g/mol. The molecule has 1 aliphatic heterocycles. The molecule has 23 heavy (non-hydrogen) atoms. The second kappa shape index (κ2) is 6.08. The molecule has 0 N–H and O–H groups in total. The minimum Gasteiger partial charge on any atom is -0.425 e. The fraction of sp³-hybridized carbons (Fsp3) is 0.167. The van der Waals surface area contributed by atoms with E-state index in [4.69, 9.17) is 4.74 Å². The topological polar surface area (TPSA) is 56.3 Å². The van der Waals surface area contributed by atoms with Crippen molar-refractivity contribution >= 4 is 33.4 Å². The lowest BCUT2D eigenvalue weighted by Gasteiger charge is -2.24. The first-order valence-corrected chi connectivity index (χ1v) is 7.91. The summed E-state index contributed by atoms with van der Waals surface area (Å²) < 4.78 is 6.19. The van der Waals surface area contributed by atoms with Crippen molar-refractivity contribution in [2.45, 2.75) is 19.8 Å². The van der Waals surface area contributed by atoms with Gasteiger partial charge in [0.05, 0.1) is 0 Å². The number of ketones is 1. The quantitative estimate of drug-likeness (QED) is 0.595. The molecule has 5 heteroatoms. The van der Waals surface area contributed by atoms with Crippen LogP contribution in [-0.2, 0) is 14.3 Å². The fourth-order valence-electron chi connectivity index (χ4n) is 2.58. The number of halogens is 1. The van der Waals surface area contributed by atoms with Gasteiger partial charge >= 0.3 is 5.97 Å². The maximum atomic E-state index is 12.8. The standard InChI is InChI=1S/C18H14BrNO3/c1-10-5-6-13(14(19)8-10)15-16(21)11(2)17(23-18(15)22)12-4-3-7-20-9-12/h3-9,15H,1-2H3. The van der Waals surface area contributed by atoms with Crippen molar-refractivity contribution in [3.8, 4) is 0 Å². The number of esters is 1. The highest BCUT2D eigenvalue weighted by Gasteiger charge is 2.39. The largest absolute Gasteiger partial charge is 0.425 e. The highest BCUT2D eigenvalue weighted by molar-refractivity contribution is 9.10. The van der Waals surface area contributed by atoms with Crippen LogP contribution in [0, 0.1) is 6.92 Å². The van der Waals surface area contributed by atoms with E-state index in [1.165, 1.54) is 0 Å². The van der Waals surface area contributed by atoms with Gasteiger partial charge in [0.15, 0.2) is 5.78 Å². The molecule has 3 rings (SSSR count). The Hall–Kier alpha value is -2.27. The van der Waals surface area contributed by atoms with Gasteiger partial charge in [0, 0.05) is 28.0 Å². The van der Waals surface area contributed by atoms with Crippen molar-refractivity contribution in [1.82, 2.24) is 4.98 Å². The maximum absolute atomic E-state index is 12.8. The van der Waals surface area contributed by atoms with E-state index in [9.17, 15) is 9.59 Å². The van der Waals surface area contributed by atoms with E-state index >= 15 is 0 Å². The molecule has 1 atom stereocenters. The number of cyclic esters (lactones) is 1. The van der Waals surface area contributed by atoms with Gasteiger partial charge in [-0.15, -0.1) is 0 Å². The zero-order valence-corrected chi connectivity index (χ0v) is 14.3. The zero-order valence-electron chi connectivity index (χ0n) is 12.7. The Bertz CT molecular complexity index is 827. The van der Waals surface area contributed by atoms with E-state index in [0.717, 1.165) is 10.0 Å². The van der Waals surface area contributed by atoms with Crippen molar-refractivity contribution in [3.63, 3.8) is 0 Å². The number of pyridine rings is 1. The molecule has 2 heterocycles. The fourth-order valence-corrected chi connectivity index (χ4v) is 3.30. The number of aromatic nitrogens is 1. The van der Waals surface area contributed by atoms with Gasteiger partial charge in [-0.25, -0.2) is 0 Å². The molecule has 4 nitrogen and oxygen atoms in total. The minimum atomic E-state index is -0.939. The molecule has 1 aliphatic rings. The van der Waals surface area contributed by atoms with Crippen LogP contribution in [0.5, 0.6) is 0 Å². The molecule has 2 aromatic rings. The van der Waals surface area contributed by atoms with Crippen LogP contribution in [0.4, 0.5) is 0 Å². The number of hydrogen-bond donors (Lipinski definition) is 0. The summed E-state index contributed by atoms with van der Waals surface area (Å²) in [6.07, 6.45) is 3.19. The van der Waals surface area contributed by atoms with Crippen LogP contribution in [-0.4, -0.2) is 16.7 Å². The average Bonchev–Trinajstić information content (AvgIpc) is 2.54. The van der Waals surface area contributed by atoms with Gasteiger partial charge in [-0.1, -0.05) is 28.1 Å². The number of Topliss-reactive ketones (excluding diaryl/α,β-unsaturated/α-hetero) is 1. The lowest BCUT2D eigenvalue weighted by molar-refractivity contribution is -0.143. The van der Waals surface area contributed by atoms with E-state index < -0.39 is 11.9 Å². The van der Waals surface area contributed by atoms with Crippen LogP contribution in [0.25, 0.3) is 5.76 Å². The van der Waals surface area contributed by atoms with E-state index in [1.807, 2.05) is 19.1 Å². The number of carbonyl (C=O) groups is 2.